The quantitative estimate of drug-likeness (QED) is 0.141. The highest BCUT2D eigenvalue weighted by atomic mass is 28.3. The summed E-state index contributed by atoms with van der Waals surface area (Å²) in [6.45, 7) is 0. The number of hydrogen-bond acceptors (Lipinski definition) is 2. The Kier molecular flexibility index (Phi) is 7.27. The van der Waals surface area contributed by atoms with Crippen LogP contribution in [0.1, 0.15) is 11.1 Å². The van der Waals surface area contributed by atoms with Crippen LogP contribution in [0.4, 0.5) is 0 Å². The number of rotatable bonds is 6. The van der Waals surface area contributed by atoms with E-state index in [4.69, 9.17) is 0 Å². The van der Waals surface area contributed by atoms with Crippen molar-refractivity contribution in [2.24, 2.45) is 0 Å². The van der Waals surface area contributed by atoms with Gasteiger partial charge < -0.3 is 4.57 Å². The maximum atomic E-state index is 10.3. The molecule has 1 heterocycles. The summed E-state index contributed by atoms with van der Waals surface area (Å²) in [6.07, 6.45) is 0. The van der Waals surface area contributed by atoms with Gasteiger partial charge in [0.1, 0.15) is 0 Å². The largest absolute Gasteiger partial charge is 0.309 e. The van der Waals surface area contributed by atoms with Crippen LogP contribution >= 0.6 is 0 Å². The molecule has 0 saturated heterocycles. The lowest BCUT2D eigenvalue weighted by Crippen LogP contribution is -2.75. The lowest BCUT2D eigenvalue weighted by molar-refractivity contribution is 1.18. The minimum atomic E-state index is -2.95. The average Bonchev–Trinajstić information content (AvgIpc) is 3.50. The van der Waals surface area contributed by atoms with E-state index in [1.54, 1.807) is 0 Å². The predicted octanol–water partition coefficient (Wildman–Crippen LogP) is 7.57. The number of para-hydroxylation sites is 2. The highest BCUT2D eigenvalue weighted by Crippen LogP contribution is 2.37. The molecule has 0 aliphatic carbocycles. The van der Waals surface area contributed by atoms with E-state index in [1.807, 2.05) is 30.3 Å². The average molecular weight is 628 g/mol. The van der Waals surface area contributed by atoms with Gasteiger partial charge in [0, 0.05) is 16.3 Å². The lowest BCUT2D eigenvalue weighted by atomic mass is 10.0. The molecule has 48 heavy (non-hydrogen) atoms. The van der Waals surface area contributed by atoms with Gasteiger partial charge in [-0.2, -0.15) is 10.5 Å². The van der Waals surface area contributed by atoms with Crippen molar-refractivity contribution in [3.63, 3.8) is 0 Å². The zero-order valence-electron chi connectivity index (χ0n) is 26.1. The summed E-state index contributed by atoms with van der Waals surface area (Å²) in [4.78, 5) is 0. The van der Waals surface area contributed by atoms with E-state index in [0.29, 0.717) is 11.1 Å². The first-order chi connectivity index (χ1) is 23.7. The fourth-order valence-electron chi connectivity index (χ4n) is 7.39. The van der Waals surface area contributed by atoms with Crippen molar-refractivity contribution in [3.05, 3.63) is 187 Å². The highest BCUT2D eigenvalue weighted by Gasteiger charge is 2.43. The molecule has 0 atom stereocenters. The van der Waals surface area contributed by atoms with Gasteiger partial charge in [-0.25, -0.2) is 0 Å². The van der Waals surface area contributed by atoms with Gasteiger partial charge in [0.25, 0.3) is 0 Å². The van der Waals surface area contributed by atoms with E-state index < -0.39 is 8.07 Å². The normalized spacial score (nSPS) is 11.3. The standard InChI is InChI=1S/C44H29N3Si/c45-30-32-24-26-43-39(28-32)37-20-10-12-22-41(37)47(43)42-23-13-11-21-38(42)40-29-33(31-46)25-27-44(40)48(34-14-4-1-5-15-34,35-16-6-2-7-17-35)36-18-8-3-9-19-36/h1-29H. The summed E-state index contributed by atoms with van der Waals surface area (Å²) in [5, 5.41) is 27.2. The Labute approximate surface area is 280 Å². The van der Waals surface area contributed by atoms with E-state index in [9.17, 15) is 10.5 Å². The molecule has 0 unspecified atom stereocenters. The Morgan fingerprint density at radius 3 is 1.54 bits per heavy atom. The molecule has 8 aromatic rings. The van der Waals surface area contributed by atoms with E-state index in [0.717, 1.165) is 38.6 Å². The van der Waals surface area contributed by atoms with Crippen LogP contribution in [0.5, 0.6) is 0 Å². The molecule has 0 N–H and O–H groups in total. The molecule has 0 fully saturated rings. The van der Waals surface area contributed by atoms with Crippen LogP contribution in [-0.4, -0.2) is 12.6 Å². The number of hydrogen-bond donors (Lipinski definition) is 0. The molecule has 4 heteroatoms. The molecule has 0 radical (unpaired) electrons. The van der Waals surface area contributed by atoms with Crippen LogP contribution in [0.3, 0.4) is 0 Å². The summed E-state index contributed by atoms with van der Waals surface area (Å²) in [5.74, 6) is 0. The van der Waals surface area contributed by atoms with Crippen molar-refractivity contribution in [1.82, 2.24) is 4.57 Å². The Morgan fingerprint density at radius 1 is 0.417 bits per heavy atom. The Bertz CT molecular complexity index is 2430. The van der Waals surface area contributed by atoms with E-state index in [2.05, 4.69) is 162 Å². The molecule has 0 aliphatic heterocycles. The van der Waals surface area contributed by atoms with Crippen LogP contribution in [0, 0.1) is 22.7 Å². The number of fused-ring (bicyclic) bond motifs is 3. The zero-order valence-corrected chi connectivity index (χ0v) is 27.1. The predicted molar refractivity (Wildman–Crippen MR) is 199 cm³/mol. The van der Waals surface area contributed by atoms with Crippen molar-refractivity contribution in [2.75, 3.05) is 0 Å². The Morgan fingerprint density at radius 2 is 0.917 bits per heavy atom. The number of nitriles is 2. The smallest absolute Gasteiger partial charge is 0.180 e. The molecular formula is C44H29N3Si. The van der Waals surface area contributed by atoms with Crippen LogP contribution in [0.2, 0.25) is 0 Å². The first-order valence-corrected chi connectivity index (χ1v) is 18.0. The van der Waals surface area contributed by atoms with Crippen molar-refractivity contribution in [3.8, 4) is 29.0 Å². The highest BCUT2D eigenvalue weighted by molar-refractivity contribution is 7.20. The molecule has 0 spiro atoms. The van der Waals surface area contributed by atoms with Gasteiger partial charge in [-0.3, -0.25) is 0 Å². The molecule has 7 aromatic carbocycles. The molecule has 0 aliphatic rings. The minimum Gasteiger partial charge on any atom is -0.309 e. The summed E-state index contributed by atoms with van der Waals surface area (Å²) in [6, 6.07) is 66.4. The number of aromatic nitrogens is 1. The van der Waals surface area contributed by atoms with E-state index in [-0.39, 0.29) is 0 Å². The first kappa shape index (κ1) is 29.0. The van der Waals surface area contributed by atoms with Crippen molar-refractivity contribution in [1.29, 1.82) is 10.5 Å². The van der Waals surface area contributed by atoms with Gasteiger partial charge >= 0.3 is 0 Å². The van der Waals surface area contributed by atoms with Crippen molar-refractivity contribution in [2.45, 2.75) is 0 Å². The summed E-state index contributed by atoms with van der Waals surface area (Å²) >= 11 is 0. The number of nitrogens with zero attached hydrogens (tertiary/aromatic N) is 3. The fourth-order valence-corrected chi connectivity index (χ4v) is 12.3. The Hall–Kier alpha value is -6.46. The van der Waals surface area contributed by atoms with Crippen LogP contribution in [-0.2, 0) is 0 Å². The molecule has 1 aromatic heterocycles. The van der Waals surface area contributed by atoms with Gasteiger partial charge in [-0.15, -0.1) is 0 Å². The third-order valence-electron chi connectivity index (χ3n) is 9.41. The van der Waals surface area contributed by atoms with Gasteiger partial charge in [-0.1, -0.05) is 133 Å². The van der Waals surface area contributed by atoms with Crippen molar-refractivity contribution < 1.29 is 0 Å². The maximum absolute atomic E-state index is 10.3. The zero-order chi connectivity index (χ0) is 32.5. The van der Waals surface area contributed by atoms with Gasteiger partial charge in [-0.05, 0) is 68.8 Å². The maximum Gasteiger partial charge on any atom is 0.180 e. The summed E-state index contributed by atoms with van der Waals surface area (Å²) < 4.78 is 2.31. The Balaban J connectivity index is 1.52. The second kappa shape index (κ2) is 12.0. The molecule has 0 saturated carbocycles. The third kappa shape index (κ3) is 4.55. The first-order valence-electron chi connectivity index (χ1n) is 16.0. The molecule has 8 rings (SSSR count). The van der Waals surface area contributed by atoms with Gasteiger partial charge in [0.15, 0.2) is 8.07 Å². The molecular weight excluding hydrogens is 599 g/mol. The van der Waals surface area contributed by atoms with Gasteiger partial charge in [0.05, 0.1) is 40.0 Å². The third-order valence-corrected chi connectivity index (χ3v) is 14.3. The molecule has 0 amide bonds. The fraction of sp³-hybridized carbons (Fsp3) is 0. The van der Waals surface area contributed by atoms with E-state index >= 15 is 0 Å². The van der Waals surface area contributed by atoms with Crippen LogP contribution < -0.4 is 20.7 Å². The van der Waals surface area contributed by atoms with E-state index in [1.165, 1.54) is 20.7 Å². The molecule has 224 valence electrons. The van der Waals surface area contributed by atoms with Crippen LogP contribution in [0.15, 0.2) is 176 Å². The second-order valence-electron chi connectivity index (χ2n) is 11.9. The summed E-state index contributed by atoms with van der Waals surface area (Å²) in [7, 11) is -2.95. The topological polar surface area (TPSA) is 52.5 Å². The van der Waals surface area contributed by atoms with Crippen LogP contribution in [0.25, 0.3) is 38.6 Å². The molecule has 0 bridgehead atoms. The number of benzene rings is 7. The van der Waals surface area contributed by atoms with Crippen molar-refractivity contribution >= 4 is 50.6 Å². The monoisotopic (exact) mass is 627 g/mol. The second-order valence-corrected chi connectivity index (χ2v) is 15.7. The summed E-state index contributed by atoms with van der Waals surface area (Å²) in [5.41, 5.74) is 6.42. The van der Waals surface area contributed by atoms with Gasteiger partial charge in [0.2, 0.25) is 0 Å². The minimum absolute atomic E-state index is 0.613. The molecule has 3 nitrogen and oxygen atoms in total. The lowest BCUT2D eigenvalue weighted by Gasteiger charge is -2.36. The SMILES string of the molecule is N#Cc1ccc([Si](c2ccccc2)(c2ccccc2)c2ccccc2)c(-c2ccccc2-n2c3ccccc3c3cc(C#N)ccc32)c1.